The Bertz CT molecular complexity index is 839. The minimum atomic E-state index is -0.804. The number of anilines is 1. The lowest BCUT2D eigenvalue weighted by molar-refractivity contribution is 0.00736. The van der Waals surface area contributed by atoms with E-state index >= 15 is 0 Å². The molecule has 1 aliphatic heterocycles. The third-order valence-electron chi connectivity index (χ3n) is 6.42. The van der Waals surface area contributed by atoms with Gasteiger partial charge in [0.25, 0.3) is 0 Å². The van der Waals surface area contributed by atoms with E-state index < -0.39 is 12.0 Å². The van der Waals surface area contributed by atoms with Crippen molar-refractivity contribution in [3.05, 3.63) is 59.2 Å². The molecule has 5 nitrogen and oxygen atoms in total. The Morgan fingerprint density at radius 3 is 2.46 bits per heavy atom. The molecule has 5 heteroatoms. The van der Waals surface area contributed by atoms with Crippen LogP contribution in [0.25, 0.3) is 0 Å². The molecule has 2 aromatic carbocycles. The summed E-state index contributed by atoms with van der Waals surface area (Å²) < 4.78 is 5.31. The minimum absolute atomic E-state index is 0.381. The van der Waals surface area contributed by atoms with Crippen LogP contribution in [0.4, 0.5) is 5.69 Å². The van der Waals surface area contributed by atoms with Crippen LogP contribution in [0.5, 0.6) is 5.75 Å². The van der Waals surface area contributed by atoms with Gasteiger partial charge in [-0.1, -0.05) is 29.8 Å². The van der Waals surface area contributed by atoms with Crippen molar-refractivity contribution in [3.8, 4) is 5.75 Å². The average Bonchev–Trinajstić information content (AvgIpc) is 3.20. The monoisotopic (exact) mass is 382 g/mol. The predicted octanol–water partition coefficient (Wildman–Crippen LogP) is 3.23. The molecular formula is C23H30N2O3. The molecule has 4 rings (SSSR count). The molecule has 2 fully saturated rings. The topological polar surface area (TPSA) is 65.0 Å². The summed E-state index contributed by atoms with van der Waals surface area (Å²) in [6.07, 6.45) is 0.729. The van der Waals surface area contributed by atoms with Crippen LogP contribution in [-0.2, 0) is 5.60 Å². The summed E-state index contributed by atoms with van der Waals surface area (Å²) in [5, 5.41) is 25.2. The number of likely N-dealkylation sites (tertiary alicyclic amines) is 1. The molecule has 0 aromatic heterocycles. The van der Waals surface area contributed by atoms with Gasteiger partial charge in [0.05, 0.1) is 12.7 Å². The largest absolute Gasteiger partial charge is 0.497 e. The van der Waals surface area contributed by atoms with Crippen molar-refractivity contribution in [3.63, 3.8) is 0 Å². The van der Waals surface area contributed by atoms with Crippen LogP contribution < -0.4 is 10.1 Å². The molecule has 1 saturated carbocycles. The molecular weight excluding hydrogens is 352 g/mol. The quantitative estimate of drug-likeness (QED) is 0.693. The fraction of sp³-hybridized carbons (Fsp3) is 0.478. The first kappa shape index (κ1) is 19.2. The van der Waals surface area contributed by atoms with Gasteiger partial charge in [-0.25, -0.2) is 0 Å². The Kier molecular flexibility index (Phi) is 5.08. The molecule has 1 aliphatic carbocycles. The molecule has 3 atom stereocenters. The summed E-state index contributed by atoms with van der Waals surface area (Å²) in [6.45, 7) is 5.69. The predicted molar refractivity (Wildman–Crippen MR) is 110 cm³/mol. The van der Waals surface area contributed by atoms with Gasteiger partial charge in [-0.2, -0.15) is 0 Å². The Morgan fingerprint density at radius 1 is 1.11 bits per heavy atom. The molecule has 0 bridgehead atoms. The van der Waals surface area contributed by atoms with E-state index in [9.17, 15) is 10.2 Å². The molecule has 28 heavy (non-hydrogen) atoms. The molecule has 2 aliphatic rings. The average molecular weight is 383 g/mol. The van der Waals surface area contributed by atoms with Crippen LogP contribution in [0.1, 0.15) is 29.5 Å². The van der Waals surface area contributed by atoms with Gasteiger partial charge in [0, 0.05) is 18.8 Å². The number of methoxy groups -OCH3 is 1. The van der Waals surface area contributed by atoms with Gasteiger partial charge >= 0.3 is 0 Å². The van der Waals surface area contributed by atoms with Crippen molar-refractivity contribution in [2.24, 2.45) is 11.8 Å². The van der Waals surface area contributed by atoms with E-state index in [2.05, 4.69) is 36.2 Å². The minimum Gasteiger partial charge on any atom is -0.497 e. The van der Waals surface area contributed by atoms with Crippen molar-refractivity contribution >= 4 is 5.69 Å². The van der Waals surface area contributed by atoms with Crippen molar-refractivity contribution in [2.45, 2.75) is 38.6 Å². The van der Waals surface area contributed by atoms with E-state index in [4.69, 9.17) is 4.74 Å². The zero-order chi connectivity index (χ0) is 19.9. The molecule has 3 N–H and O–H groups in total. The fourth-order valence-electron chi connectivity index (χ4n) is 4.94. The number of hydrogen-bond acceptors (Lipinski definition) is 5. The maximum Gasteiger partial charge on any atom is 0.184 e. The summed E-state index contributed by atoms with van der Waals surface area (Å²) in [7, 11) is 1.65. The first-order chi connectivity index (χ1) is 13.4. The number of hydrogen-bond donors (Lipinski definition) is 3. The van der Waals surface area contributed by atoms with E-state index in [1.165, 1.54) is 5.56 Å². The van der Waals surface area contributed by atoms with Gasteiger partial charge in [0.2, 0.25) is 0 Å². The van der Waals surface area contributed by atoms with Gasteiger partial charge in [0.15, 0.2) is 6.35 Å². The number of aliphatic hydroxyl groups is 2. The smallest absolute Gasteiger partial charge is 0.184 e. The summed E-state index contributed by atoms with van der Waals surface area (Å²) >= 11 is 0. The normalized spacial score (nSPS) is 28.2. The SMILES string of the molecule is COc1cccc(C2(O)CC3CN(C(O)Nc4ccc(C)cc4C)CC3C2)c1. The van der Waals surface area contributed by atoms with E-state index in [0.29, 0.717) is 11.8 Å². The second kappa shape index (κ2) is 7.39. The number of ether oxygens (including phenoxy) is 1. The highest BCUT2D eigenvalue weighted by Crippen LogP contribution is 2.49. The number of fused-ring (bicyclic) bond motifs is 1. The lowest BCUT2D eigenvalue weighted by atomic mass is 9.90. The van der Waals surface area contributed by atoms with Gasteiger partial charge in [-0.3, -0.25) is 4.90 Å². The maximum absolute atomic E-state index is 11.3. The highest BCUT2D eigenvalue weighted by atomic mass is 16.5. The van der Waals surface area contributed by atoms with Crippen LogP contribution >= 0.6 is 0 Å². The van der Waals surface area contributed by atoms with Crippen molar-refractivity contribution in [2.75, 3.05) is 25.5 Å². The Morgan fingerprint density at radius 2 is 1.82 bits per heavy atom. The van der Waals surface area contributed by atoms with Crippen LogP contribution in [0, 0.1) is 25.7 Å². The molecule has 1 saturated heterocycles. The molecule has 0 spiro atoms. The summed E-state index contributed by atoms with van der Waals surface area (Å²) in [5.74, 6) is 1.54. The van der Waals surface area contributed by atoms with Crippen molar-refractivity contribution in [1.29, 1.82) is 0 Å². The zero-order valence-corrected chi connectivity index (χ0v) is 16.9. The lowest BCUT2D eigenvalue weighted by Crippen LogP contribution is -2.40. The number of nitrogens with one attached hydrogen (secondary N) is 1. The van der Waals surface area contributed by atoms with Gasteiger partial charge in [0.1, 0.15) is 5.75 Å². The Hall–Kier alpha value is -2.08. The lowest BCUT2D eigenvalue weighted by Gasteiger charge is -2.29. The van der Waals surface area contributed by atoms with Gasteiger partial charge in [-0.15, -0.1) is 0 Å². The number of benzene rings is 2. The molecule has 3 unspecified atom stereocenters. The van der Waals surface area contributed by atoms with Crippen LogP contribution in [0.3, 0.4) is 0 Å². The second-order valence-electron chi connectivity index (χ2n) is 8.48. The first-order valence-electron chi connectivity index (χ1n) is 10.0. The summed E-state index contributed by atoms with van der Waals surface area (Å²) in [5.41, 5.74) is 3.43. The van der Waals surface area contributed by atoms with Gasteiger partial charge < -0.3 is 20.3 Å². The van der Waals surface area contributed by atoms with E-state index in [0.717, 1.165) is 48.5 Å². The number of rotatable bonds is 5. The zero-order valence-electron chi connectivity index (χ0n) is 16.9. The van der Waals surface area contributed by atoms with Crippen molar-refractivity contribution in [1.82, 2.24) is 4.90 Å². The Balaban J connectivity index is 1.40. The molecule has 1 heterocycles. The highest BCUT2D eigenvalue weighted by molar-refractivity contribution is 5.52. The van der Waals surface area contributed by atoms with E-state index in [-0.39, 0.29) is 0 Å². The Labute approximate surface area is 167 Å². The fourth-order valence-corrected chi connectivity index (χ4v) is 4.94. The second-order valence-corrected chi connectivity index (χ2v) is 8.48. The van der Waals surface area contributed by atoms with Crippen molar-refractivity contribution < 1.29 is 14.9 Å². The molecule has 2 aromatic rings. The molecule has 0 radical (unpaired) electrons. The third kappa shape index (κ3) is 3.62. The standard InChI is InChI=1S/C23H30N2O3/c1-15-7-8-21(16(2)9-15)24-22(26)25-13-17-11-23(27,12-18(17)14-25)19-5-4-6-20(10-19)28-3/h4-10,17-18,22,24,26-27H,11-14H2,1-3H3. The maximum atomic E-state index is 11.3. The number of nitrogens with zero attached hydrogens (tertiary/aromatic N) is 1. The van der Waals surface area contributed by atoms with E-state index in [1.807, 2.05) is 30.3 Å². The summed E-state index contributed by atoms with van der Waals surface area (Å²) in [6, 6.07) is 13.9. The highest BCUT2D eigenvalue weighted by Gasteiger charge is 2.50. The third-order valence-corrected chi connectivity index (χ3v) is 6.42. The van der Waals surface area contributed by atoms with E-state index in [1.54, 1.807) is 7.11 Å². The van der Waals surface area contributed by atoms with Crippen LogP contribution in [0.15, 0.2) is 42.5 Å². The number of aryl methyl sites for hydroxylation is 2. The van der Waals surface area contributed by atoms with Crippen LogP contribution in [0.2, 0.25) is 0 Å². The van der Waals surface area contributed by atoms with Gasteiger partial charge in [-0.05, 0) is 67.9 Å². The molecule has 0 amide bonds. The molecule has 150 valence electrons. The summed E-state index contributed by atoms with van der Waals surface area (Å²) in [4.78, 5) is 2.08. The first-order valence-corrected chi connectivity index (χ1v) is 10.0. The number of aliphatic hydroxyl groups excluding tert-OH is 1. The van der Waals surface area contributed by atoms with Crippen LogP contribution in [-0.4, -0.2) is 41.7 Å².